The summed E-state index contributed by atoms with van der Waals surface area (Å²) in [6.45, 7) is 0.593. The summed E-state index contributed by atoms with van der Waals surface area (Å²) in [7, 11) is 0. The van der Waals surface area contributed by atoms with Crippen molar-refractivity contribution in [2.45, 2.75) is 56.8 Å². The lowest BCUT2D eigenvalue weighted by atomic mass is 10.0. The predicted molar refractivity (Wildman–Crippen MR) is 173 cm³/mol. The van der Waals surface area contributed by atoms with Gasteiger partial charge in [-0.25, -0.2) is 0 Å². The number of nitrogens with one attached hydrogen (secondary N) is 5. The maximum Gasteiger partial charge on any atom is 0.245 e. The Labute approximate surface area is 270 Å². The van der Waals surface area contributed by atoms with Gasteiger partial charge in [0.15, 0.2) is 5.96 Å². The number of hydrogen-bond acceptors (Lipinski definition) is 8. The number of aliphatic imine (C=N–C) groups is 1. The number of hydrogen-bond donors (Lipinski definition) is 10. The van der Waals surface area contributed by atoms with Crippen molar-refractivity contribution < 1.29 is 34.2 Å². The first-order valence-corrected chi connectivity index (χ1v) is 14.8. The van der Waals surface area contributed by atoms with Gasteiger partial charge in [0.2, 0.25) is 29.5 Å². The van der Waals surface area contributed by atoms with Crippen LogP contribution in [0.4, 0.5) is 0 Å². The van der Waals surface area contributed by atoms with Crippen LogP contribution in [0.25, 0.3) is 10.9 Å². The minimum Gasteiger partial charge on any atom is -0.508 e. The molecule has 0 saturated heterocycles. The molecule has 0 bridgehead atoms. The van der Waals surface area contributed by atoms with E-state index in [2.05, 4.69) is 31.2 Å². The number of fused-ring (bicyclic) bond motifs is 1. The van der Waals surface area contributed by atoms with E-state index in [0.29, 0.717) is 11.1 Å². The number of nitrogens with two attached hydrogens (primary N) is 3. The minimum absolute atomic E-state index is 0.0148. The van der Waals surface area contributed by atoms with Crippen LogP contribution in [0.2, 0.25) is 0 Å². The third kappa shape index (κ3) is 11.0. The molecule has 0 fully saturated rings. The van der Waals surface area contributed by atoms with Gasteiger partial charge in [-0.2, -0.15) is 0 Å². The smallest absolute Gasteiger partial charge is 0.245 e. The van der Waals surface area contributed by atoms with Gasteiger partial charge < -0.3 is 53.7 Å². The highest BCUT2D eigenvalue weighted by Crippen LogP contribution is 2.19. The Morgan fingerprint density at radius 1 is 0.809 bits per heavy atom. The van der Waals surface area contributed by atoms with E-state index in [9.17, 15) is 34.2 Å². The van der Waals surface area contributed by atoms with E-state index in [1.54, 1.807) is 18.3 Å². The molecule has 4 atom stereocenters. The fraction of sp³-hybridized carbons (Fsp3) is 0.355. The Morgan fingerprint density at radius 2 is 1.43 bits per heavy atom. The van der Waals surface area contributed by atoms with Crippen molar-refractivity contribution in [2.24, 2.45) is 22.2 Å². The Bertz CT molecular complexity index is 1590. The zero-order valence-electron chi connectivity index (χ0n) is 25.9. The molecule has 0 aliphatic carbocycles. The summed E-state index contributed by atoms with van der Waals surface area (Å²) in [5.41, 5.74) is 18.5. The van der Waals surface area contributed by atoms with Crippen molar-refractivity contribution in [1.29, 1.82) is 0 Å². The molecule has 0 unspecified atom stereocenters. The molecule has 0 aliphatic rings. The van der Waals surface area contributed by atoms with Crippen LogP contribution in [0.15, 0.2) is 59.7 Å². The average Bonchev–Trinajstić information content (AvgIpc) is 3.43. The van der Waals surface area contributed by atoms with Gasteiger partial charge in [0.1, 0.15) is 29.9 Å². The number of aliphatic hydroxyl groups excluding tert-OH is 1. The van der Waals surface area contributed by atoms with Crippen LogP contribution in [0.5, 0.6) is 5.75 Å². The van der Waals surface area contributed by atoms with Gasteiger partial charge in [-0.1, -0.05) is 30.3 Å². The van der Waals surface area contributed by atoms with Gasteiger partial charge in [-0.15, -0.1) is 0 Å². The number of amides is 5. The number of aromatic nitrogens is 1. The van der Waals surface area contributed by atoms with Gasteiger partial charge in [0.05, 0.1) is 6.61 Å². The number of aromatic hydroxyl groups is 1. The highest BCUT2D eigenvalue weighted by Gasteiger charge is 2.31. The van der Waals surface area contributed by atoms with E-state index in [1.807, 2.05) is 24.3 Å². The number of nitrogens with zero attached hydrogens (tertiary/aromatic N) is 1. The number of phenolic OH excluding ortho intramolecular Hbond substituents is 1. The van der Waals surface area contributed by atoms with Gasteiger partial charge in [-0.05, 0) is 42.2 Å². The quantitative estimate of drug-likeness (QED) is 0.0445. The number of benzene rings is 2. The normalized spacial score (nSPS) is 13.4. The molecule has 16 heteroatoms. The topological polar surface area (TPSA) is 280 Å². The molecule has 2 aromatic carbocycles. The van der Waals surface area contributed by atoms with Gasteiger partial charge in [0.25, 0.3) is 0 Å². The molecule has 0 spiro atoms. The lowest BCUT2D eigenvalue weighted by Gasteiger charge is -2.26. The number of para-hydroxylation sites is 1. The second kappa shape index (κ2) is 17.2. The van der Waals surface area contributed by atoms with E-state index in [4.69, 9.17) is 17.2 Å². The molecule has 16 nitrogen and oxygen atoms in total. The Balaban J connectivity index is 1.87. The Hall–Kier alpha value is -5.64. The minimum atomic E-state index is -1.33. The number of phenols is 1. The molecule has 0 radical (unpaired) electrons. The van der Waals surface area contributed by atoms with Crippen LogP contribution in [0.1, 0.15) is 30.9 Å². The number of H-pyrrole nitrogens is 1. The van der Waals surface area contributed by atoms with E-state index in [1.165, 1.54) is 19.1 Å². The van der Waals surface area contributed by atoms with Crippen LogP contribution in [0, 0.1) is 0 Å². The molecule has 1 heterocycles. The summed E-state index contributed by atoms with van der Waals surface area (Å²) in [5.74, 6) is -3.82. The fourth-order valence-corrected chi connectivity index (χ4v) is 4.85. The molecule has 47 heavy (non-hydrogen) atoms. The lowest BCUT2D eigenvalue weighted by Crippen LogP contribution is -2.59. The summed E-state index contributed by atoms with van der Waals surface area (Å²) in [6.07, 6.45) is 1.98. The fourth-order valence-electron chi connectivity index (χ4n) is 4.85. The Morgan fingerprint density at radius 3 is 2.06 bits per heavy atom. The number of carbonyl (C=O) groups excluding carboxylic acids is 5. The largest absolute Gasteiger partial charge is 0.508 e. The number of aromatic amines is 1. The first-order valence-electron chi connectivity index (χ1n) is 14.8. The zero-order valence-corrected chi connectivity index (χ0v) is 25.9. The van der Waals surface area contributed by atoms with Crippen molar-refractivity contribution in [3.05, 3.63) is 65.9 Å². The first kappa shape index (κ1) is 35.8. The average molecular weight is 652 g/mol. The van der Waals surface area contributed by atoms with E-state index >= 15 is 0 Å². The molecule has 0 saturated carbocycles. The standard InChI is InChI=1S/C31H41N9O7/c1-17(42)37-26(16-41)30(47)40-25(14-19-15-36-22-6-3-2-5-21(19)22)29(46)38-23(7-4-12-35-31(33)34)28(45)39-24(27(32)44)13-18-8-10-20(43)11-9-18/h2-3,5-6,8-11,15,23-26,36,41,43H,4,7,12-14,16H2,1H3,(H2,32,44)(H,37,42)(H,38,46)(H,39,45)(H,40,47)(H4,33,34,35)/t23-,24-,25-,26-/m0/s1. The first-order chi connectivity index (χ1) is 22.4. The van der Waals surface area contributed by atoms with E-state index in [0.717, 1.165) is 10.9 Å². The maximum absolute atomic E-state index is 13.8. The molecule has 3 aromatic rings. The second-order valence-electron chi connectivity index (χ2n) is 10.9. The lowest BCUT2D eigenvalue weighted by molar-refractivity contribution is -0.134. The van der Waals surface area contributed by atoms with E-state index in [-0.39, 0.29) is 43.9 Å². The third-order valence-corrected chi connectivity index (χ3v) is 7.22. The zero-order chi connectivity index (χ0) is 34.5. The van der Waals surface area contributed by atoms with Crippen molar-refractivity contribution >= 4 is 46.4 Å². The number of guanidine groups is 1. The van der Waals surface area contributed by atoms with Crippen LogP contribution in [-0.2, 0) is 36.8 Å². The van der Waals surface area contributed by atoms with Crippen molar-refractivity contribution in [2.75, 3.05) is 13.2 Å². The maximum atomic E-state index is 13.8. The van der Waals surface area contributed by atoms with Crippen molar-refractivity contribution in [3.8, 4) is 5.75 Å². The van der Waals surface area contributed by atoms with Crippen molar-refractivity contribution in [1.82, 2.24) is 26.3 Å². The number of primary amides is 1. The van der Waals surface area contributed by atoms with Crippen LogP contribution in [0.3, 0.4) is 0 Å². The summed E-state index contributed by atoms with van der Waals surface area (Å²) in [6, 6.07) is 8.36. The highest BCUT2D eigenvalue weighted by atomic mass is 16.3. The van der Waals surface area contributed by atoms with Crippen LogP contribution < -0.4 is 38.5 Å². The highest BCUT2D eigenvalue weighted by molar-refractivity contribution is 5.96. The second-order valence-corrected chi connectivity index (χ2v) is 10.9. The third-order valence-electron chi connectivity index (χ3n) is 7.22. The van der Waals surface area contributed by atoms with Crippen LogP contribution >= 0.6 is 0 Å². The van der Waals surface area contributed by atoms with E-state index < -0.39 is 60.3 Å². The summed E-state index contributed by atoms with van der Waals surface area (Å²) < 4.78 is 0. The summed E-state index contributed by atoms with van der Waals surface area (Å²) >= 11 is 0. The molecular weight excluding hydrogens is 610 g/mol. The molecule has 252 valence electrons. The summed E-state index contributed by atoms with van der Waals surface area (Å²) in [5, 5.41) is 30.2. The molecule has 13 N–H and O–H groups in total. The van der Waals surface area contributed by atoms with Crippen molar-refractivity contribution in [3.63, 3.8) is 0 Å². The number of carbonyl (C=O) groups is 5. The molecule has 3 rings (SSSR count). The van der Waals surface area contributed by atoms with Gasteiger partial charge in [-0.3, -0.25) is 29.0 Å². The molecule has 1 aromatic heterocycles. The molecule has 5 amide bonds. The predicted octanol–water partition coefficient (Wildman–Crippen LogP) is -1.85. The summed E-state index contributed by atoms with van der Waals surface area (Å²) in [4.78, 5) is 71.3. The number of rotatable bonds is 17. The van der Waals surface area contributed by atoms with Gasteiger partial charge in [0, 0.05) is 43.4 Å². The molecular formula is C31H41N9O7. The number of aliphatic hydroxyl groups is 1. The Kier molecular flexibility index (Phi) is 13.1. The van der Waals surface area contributed by atoms with Crippen LogP contribution in [-0.4, -0.2) is 88.0 Å². The SMILES string of the molecule is CC(=O)N[C@@H](CO)C(=O)N[C@@H](Cc1c[nH]c2ccccc12)C(=O)N[C@@H](CCCN=C(N)N)C(=O)N[C@@H](Cc1ccc(O)cc1)C(N)=O. The monoisotopic (exact) mass is 651 g/mol. The van der Waals surface area contributed by atoms with Gasteiger partial charge >= 0.3 is 0 Å². The molecule has 0 aliphatic heterocycles.